The van der Waals surface area contributed by atoms with Crippen LogP contribution in [0.25, 0.3) is 0 Å². The molecule has 0 heterocycles. The zero-order chi connectivity index (χ0) is 16.8. The zero-order valence-corrected chi connectivity index (χ0v) is 14.3. The van der Waals surface area contributed by atoms with Crippen molar-refractivity contribution in [1.82, 2.24) is 5.32 Å². The Bertz CT molecular complexity index is 696. The molecule has 2 rings (SSSR count). The Morgan fingerprint density at radius 2 is 1.65 bits per heavy atom. The van der Waals surface area contributed by atoms with Crippen LogP contribution in [0.1, 0.15) is 29.8 Å². The summed E-state index contributed by atoms with van der Waals surface area (Å²) in [6, 6.07) is 15.2. The van der Waals surface area contributed by atoms with Crippen LogP contribution in [0, 0.1) is 6.92 Å². The molecule has 120 valence electrons. The van der Waals surface area contributed by atoms with Crippen LogP contribution in [-0.2, 0) is 0 Å². The van der Waals surface area contributed by atoms with Crippen molar-refractivity contribution in [2.24, 2.45) is 0 Å². The maximum Gasteiger partial charge on any atom is 0.257 e. The molecule has 4 nitrogen and oxygen atoms in total. The number of amides is 1. The van der Waals surface area contributed by atoms with Crippen LogP contribution < -0.4 is 16.0 Å². The quantitative estimate of drug-likeness (QED) is 0.745. The summed E-state index contributed by atoms with van der Waals surface area (Å²) in [6.45, 7) is 6.02. The standard InChI is InChI=1S/C18H21N3OS/c1-12(2)19-18(23)21-16-7-5-4-6-15(16)17(22)20-14-10-8-13(3)9-11-14/h4-12H,1-3H3,(H,20,22)(H2,19,21,23). The van der Waals surface area contributed by atoms with E-state index < -0.39 is 0 Å². The molecule has 5 heteroatoms. The highest BCUT2D eigenvalue weighted by molar-refractivity contribution is 7.80. The maximum atomic E-state index is 12.5. The van der Waals surface area contributed by atoms with Gasteiger partial charge in [-0.05, 0) is 57.3 Å². The molecule has 0 fully saturated rings. The molecule has 0 radical (unpaired) electrons. The second-order valence-electron chi connectivity index (χ2n) is 5.62. The Kier molecular flexibility index (Phi) is 5.71. The van der Waals surface area contributed by atoms with Gasteiger partial charge < -0.3 is 16.0 Å². The summed E-state index contributed by atoms with van der Waals surface area (Å²) in [7, 11) is 0. The minimum absolute atomic E-state index is 0.177. The van der Waals surface area contributed by atoms with Crippen LogP contribution in [0.2, 0.25) is 0 Å². The Balaban J connectivity index is 2.14. The average Bonchev–Trinajstić information content (AvgIpc) is 2.49. The highest BCUT2D eigenvalue weighted by atomic mass is 32.1. The van der Waals surface area contributed by atoms with Gasteiger partial charge >= 0.3 is 0 Å². The fraction of sp³-hybridized carbons (Fsp3) is 0.222. The summed E-state index contributed by atoms with van der Waals surface area (Å²) in [5, 5.41) is 9.57. The molecule has 0 unspecified atom stereocenters. The first-order valence-electron chi connectivity index (χ1n) is 7.50. The van der Waals surface area contributed by atoms with Gasteiger partial charge in [0.15, 0.2) is 5.11 Å². The third-order valence-corrected chi connectivity index (χ3v) is 3.37. The highest BCUT2D eigenvalue weighted by Gasteiger charge is 2.12. The van der Waals surface area contributed by atoms with Gasteiger partial charge in [-0.2, -0.15) is 0 Å². The van der Waals surface area contributed by atoms with Crippen LogP contribution in [0.4, 0.5) is 11.4 Å². The van der Waals surface area contributed by atoms with Crippen molar-refractivity contribution >= 4 is 34.6 Å². The van der Waals surface area contributed by atoms with E-state index in [9.17, 15) is 4.79 Å². The smallest absolute Gasteiger partial charge is 0.257 e. The van der Waals surface area contributed by atoms with Gasteiger partial charge in [-0.1, -0.05) is 29.8 Å². The lowest BCUT2D eigenvalue weighted by Crippen LogP contribution is -2.34. The summed E-state index contributed by atoms with van der Waals surface area (Å²) in [5.41, 5.74) is 3.13. The number of thiocarbonyl (C=S) groups is 1. The molecule has 3 N–H and O–H groups in total. The summed E-state index contributed by atoms with van der Waals surface area (Å²) >= 11 is 5.25. The number of nitrogens with one attached hydrogen (secondary N) is 3. The van der Waals surface area contributed by atoms with E-state index in [0.29, 0.717) is 16.4 Å². The fourth-order valence-corrected chi connectivity index (χ4v) is 2.39. The van der Waals surface area contributed by atoms with E-state index in [-0.39, 0.29) is 11.9 Å². The number of rotatable bonds is 4. The van der Waals surface area contributed by atoms with Gasteiger partial charge in [0.05, 0.1) is 11.3 Å². The molecule has 0 saturated carbocycles. The van der Waals surface area contributed by atoms with E-state index in [1.54, 1.807) is 6.07 Å². The molecule has 1 amide bonds. The third kappa shape index (κ3) is 5.07. The Morgan fingerprint density at radius 1 is 1.00 bits per heavy atom. The molecule has 0 spiro atoms. The second kappa shape index (κ2) is 7.74. The summed E-state index contributed by atoms with van der Waals surface area (Å²) in [5.74, 6) is -0.177. The lowest BCUT2D eigenvalue weighted by Gasteiger charge is -2.15. The zero-order valence-electron chi connectivity index (χ0n) is 13.5. The Hall–Kier alpha value is -2.40. The molecule has 0 atom stereocenters. The van der Waals surface area contributed by atoms with Crippen LogP contribution in [0.3, 0.4) is 0 Å². The second-order valence-corrected chi connectivity index (χ2v) is 6.03. The molecule has 2 aromatic rings. The molecule has 0 aliphatic carbocycles. The molecule has 0 bridgehead atoms. The minimum atomic E-state index is -0.177. The summed E-state index contributed by atoms with van der Waals surface area (Å²) in [6.07, 6.45) is 0. The average molecular weight is 327 g/mol. The number of anilines is 2. The lowest BCUT2D eigenvalue weighted by atomic mass is 10.1. The predicted octanol–water partition coefficient (Wildman–Crippen LogP) is 3.94. The van der Waals surface area contributed by atoms with Crippen LogP contribution in [-0.4, -0.2) is 17.1 Å². The molecular weight excluding hydrogens is 306 g/mol. The van der Waals surface area contributed by atoms with Crippen molar-refractivity contribution in [3.63, 3.8) is 0 Å². The van der Waals surface area contributed by atoms with Crippen LogP contribution in [0.15, 0.2) is 48.5 Å². The third-order valence-electron chi connectivity index (χ3n) is 3.15. The van der Waals surface area contributed by atoms with E-state index in [2.05, 4.69) is 16.0 Å². The van der Waals surface area contributed by atoms with Gasteiger partial charge in [-0.3, -0.25) is 4.79 Å². The molecule has 2 aromatic carbocycles. The first-order valence-corrected chi connectivity index (χ1v) is 7.91. The van der Waals surface area contributed by atoms with E-state index in [1.807, 2.05) is 63.2 Å². The number of benzene rings is 2. The van der Waals surface area contributed by atoms with Gasteiger partial charge in [-0.15, -0.1) is 0 Å². The number of hydrogen-bond donors (Lipinski definition) is 3. The number of carbonyl (C=O) groups excluding carboxylic acids is 1. The molecule has 0 aliphatic rings. The van der Waals surface area contributed by atoms with E-state index in [1.165, 1.54) is 0 Å². The topological polar surface area (TPSA) is 53.2 Å². The van der Waals surface area contributed by atoms with Crippen LogP contribution in [0.5, 0.6) is 0 Å². The minimum Gasteiger partial charge on any atom is -0.360 e. The van der Waals surface area contributed by atoms with E-state index >= 15 is 0 Å². The number of para-hydroxylation sites is 1. The summed E-state index contributed by atoms with van der Waals surface area (Å²) in [4.78, 5) is 12.5. The van der Waals surface area contributed by atoms with Crippen molar-refractivity contribution < 1.29 is 4.79 Å². The molecule has 23 heavy (non-hydrogen) atoms. The first-order chi connectivity index (χ1) is 11.0. The predicted molar refractivity (Wildman–Crippen MR) is 100 cm³/mol. The molecule has 0 aliphatic heterocycles. The van der Waals surface area contributed by atoms with Crippen molar-refractivity contribution in [3.05, 3.63) is 59.7 Å². The highest BCUT2D eigenvalue weighted by Crippen LogP contribution is 2.18. The van der Waals surface area contributed by atoms with Gasteiger partial charge in [-0.25, -0.2) is 0 Å². The fourth-order valence-electron chi connectivity index (χ4n) is 2.05. The van der Waals surface area contributed by atoms with Crippen molar-refractivity contribution in [1.29, 1.82) is 0 Å². The van der Waals surface area contributed by atoms with Crippen molar-refractivity contribution in [3.8, 4) is 0 Å². The van der Waals surface area contributed by atoms with Gasteiger partial charge in [0.2, 0.25) is 0 Å². The number of aryl methyl sites for hydroxylation is 1. The lowest BCUT2D eigenvalue weighted by molar-refractivity contribution is 0.102. The first kappa shape index (κ1) is 17.0. The van der Waals surface area contributed by atoms with Crippen LogP contribution >= 0.6 is 12.2 Å². The van der Waals surface area contributed by atoms with Crippen molar-refractivity contribution in [2.45, 2.75) is 26.8 Å². The largest absolute Gasteiger partial charge is 0.360 e. The number of carbonyl (C=O) groups is 1. The Labute approximate surface area is 142 Å². The monoisotopic (exact) mass is 327 g/mol. The molecule has 0 aromatic heterocycles. The van der Waals surface area contributed by atoms with E-state index in [0.717, 1.165) is 11.3 Å². The van der Waals surface area contributed by atoms with Gasteiger partial charge in [0.25, 0.3) is 5.91 Å². The molecule has 0 saturated heterocycles. The van der Waals surface area contributed by atoms with Gasteiger partial charge in [0, 0.05) is 11.7 Å². The van der Waals surface area contributed by atoms with Gasteiger partial charge in [0.1, 0.15) is 0 Å². The Morgan fingerprint density at radius 3 is 2.30 bits per heavy atom. The normalized spacial score (nSPS) is 10.3. The SMILES string of the molecule is Cc1ccc(NC(=O)c2ccccc2NC(=S)NC(C)C)cc1. The van der Waals surface area contributed by atoms with Crippen molar-refractivity contribution in [2.75, 3.05) is 10.6 Å². The molecular formula is C18H21N3OS. The number of hydrogen-bond acceptors (Lipinski definition) is 2. The van der Waals surface area contributed by atoms with E-state index in [4.69, 9.17) is 12.2 Å². The summed E-state index contributed by atoms with van der Waals surface area (Å²) < 4.78 is 0. The maximum absolute atomic E-state index is 12.5.